The van der Waals surface area contributed by atoms with Crippen molar-refractivity contribution in [3.63, 3.8) is 0 Å². The van der Waals surface area contributed by atoms with Crippen LogP contribution >= 0.6 is 11.3 Å². The fourth-order valence-electron chi connectivity index (χ4n) is 2.88. The van der Waals surface area contributed by atoms with Crippen LogP contribution in [0.15, 0.2) is 41.8 Å². The van der Waals surface area contributed by atoms with Gasteiger partial charge >= 0.3 is 5.97 Å². The number of aryl methyl sites for hydroxylation is 1. The van der Waals surface area contributed by atoms with Gasteiger partial charge in [0.15, 0.2) is 6.61 Å². The van der Waals surface area contributed by atoms with Crippen LogP contribution < -0.4 is 5.32 Å². The van der Waals surface area contributed by atoms with E-state index in [0.29, 0.717) is 12.1 Å². The molecule has 142 valence electrons. The second-order valence-electron chi connectivity index (χ2n) is 6.46. The summed E-state index contributed by atoms with van der Waals surface area (Å²) in [4.78, 5) is 25.4. The Kier molecular flexibility index (Phi) is 6.79. The van der Waals surface area contributed by atoms with E-state index < -0.39 is 5.97 Å². The summed E-state index contributed by atoms with van der Waals surface area (Å²) >= 11 is 1.46. The highest BCUT2D eigenvalue weighted by atomic mass is 32.1. The van der Waals surface area contributed by atoms with Crippen LogP contribution in [0.5, 0.6) is 0 Å². The third-order valence-corrected chi connectivity index (χ3v) is 5.15. The van der Waals surface area contributed by atoms with Crippen molar-refractivity contribution in [2.24, 2.45) is 0 Å². The fraction of sp³-hybridized carbons (Fsp3) is 0.333. The Bertz CT molecular complexity index is 807. The van der Waals surface area contributed by atoms with E-state index in [1.54, 1.807) is 6.08 Å². The SMILES string of the molecule is Cc1cccc(/C=C(/C(=O)OCC(=O)NC[C@H]2CCCO2)c2cccs2)c1. The Morgan fingerprint density at radius 3 is 2.93 bits per heavy atom. The topological polar surface area (TPSA) is 64.6 Å². The number of amides is 1. The van der Waals surface area contributed by atoms with Crippen LogP contribution in [0.1, 0.15) is 28.8 Å². The zero-order chi connectivity index (χ0) is 19.1. The maximum atomic E-state index is 12.6. The number of esters is 1. The molecule has 1 fully saturated rings. The molecule has 1 amide bonds. The predicted octanol–water partition coefficient (Wildman–Crippen LogP) is 3.44. The average Bonchev–Trinajstić information content (AvgIpc) is 3.36. The molecule has 1 atom stereocenters. The van der Waals surface area contributed by atoms with Crippen molar-refractivity contribution in [3.05, 3.63) is 57.8 Å². The molecular weight excluding hydrogens is 362 g/mol. The normalized spacial score (nSPS) is 16.9. The van der Waals surface area contributed by atoms with Crippen LogP contribution in [0.25, 0.3) is 11.6 Å². The lowest BCUT2D eigenvalue weighted by atomic mass is 10.1. The van der Waals surface area contributed by atoms with Gasteiger partial charge in [-0.15, -0.1) is 11.3 Å². The molecular formula is C21H23NO4S. The quantitative estimate of drug-likeness (QED) is 0.586. The van der Waals surface area contributed by atoms with Crippen LogP contribution in [-0.2, 0) is 19.1 Å². The van der Waals surface area contributed by atoms with E-state index in [2.05, 4.69) is 5.32 Å². The van der Waals surface area contributed by atoms with Crippen molar-refractivity contribution in [2.75, 3.05) is 19.8 Å². The molecule has 1 saturated heterocycles. The van der Waals surface area contributed by atoms with Gasteiger partial charge in [0, 0.05) is 18.0 Å². The number of nitrogens with one attached hydrogen (secondary N) is 1. The molecule has 1 aromatic heterocycles. The molecule has 1 aliphatic heterocycles. The molecule has 0 saturated carbocycles. The second-order valence-corrected chi connectivity index (χ2v) is 7.41. The largest absolute Gasteiger partial charge is 0.452 e. The summed E-state index contributed by atoms with van der Waals surface area (Å²) in [5.74, 6) is -0.828. The van der Waals surface area contributed by atoms with Gasteiger partial charge in [-0.05, 0) is 42.9 Å². The lowest BCUT2D eigenvalue weighted by Crippen LogP contribution is -2.34. The lowest BCUT2D eigenvalue weighted by Gasteiger charge is -2.11. The standard InChI is InChI=1S/C21H23NO4S/c1-15-5-2-6-16(11-15)12-18(19-8-4-10-27-19)21(24)26-14-20(23)22-13-17-7-3-9-25-17/h2,4-6,8,10-12,17H,3,7,9,13-14H2,1H3,(H,22,23)/b18-12+/t17-/m1/s1. The van der Waals surface area contributed by atoms with Crippen LogP contribution in [0.4, 0.5) is 0 Å². The molecule has 27 heavy (non-hydrogen) atoms. The first-order chi connectivity index (χ1) is 13.1. The molecule has 0 spiro atoms. The van der Waals surface area contributed by atoms with Gasteiger partial charge in [-0.1, -0.05) is 35.9 Å². The van der Waals surface area contributed by atoms with Crippen molar-refractivity contribution in [1.82, 2.24) is 5.32 Å². The lowest BCUT2D eigenvalue weighted by molar-refractivity contribution is -0.143. The minimum Gasteiger partial charge on any atom is -0.452 e. The minimum absolute atomic E-state index is 0.0625. The fourth-order valence-corrected chi connectivity index (χ4v) is 3.61. The van der Waals surface area contributed by atoms with Crippen molar-refractivity contribution >= 4 is 34.9 Å². The molecule has 0 bridgehead atoms. The van der Waals surface area contributed by atoms with E-state index in [9.17, 15) is 9.59 Å². The first-order valence-corrected chi connectivity index (χ1v) is 9.87. The molecule has 1 N–H and O–H groups in total. The summed E-state index contributed by atoms with van der Waals surface area (Å²) in [5, 5.41) is 4.66. The summed E-state index contributed by atoms with van der Waals surface area (Å²) in [6.45, 7) is 2.89. The van der Waals surface area contributed by atoms with Crippen molar-refractivity contribution in [1.29, 1.82) is 0 Å². The van der Waals surface area contributed by atoms with Gasteiger partial charge in [0.25, 0.3) is 5.91 Å². The van der Waals surface area contributed by atoms with Gasteiger partial charge in [-0.3, -0.25) is 4.79 Å². The summed E-state index contributed by atoms with van der Waals surface area (Å²) in [7, 11) is 0. The smallest absolute Gasteiger partial charge is 0.340 e. The average molecular weight is 385 g/mol. The summed E-state index contributed by atoms with van der Waals surface area (Å²) in [6, 6.07) is 11.6. The second kappa shape index (κ2) is 9.48. The van der Waals surface area contributed by atoms with E-state index in [4.69, 9.17) is 9.47 Å². The van der Waals surface area contributed by atoms with E-state index in [-0.39, 0.29) is 18.6 Å². The zero-order valence-electron chi connectivity index (χ0n) is 15.3. The highest BCUT2D eigenvalue weighted by molar-refractivity contribution is 7.11. The van der Waals surface area contributed by atoms with E-state index in [1.807, 2.05) is 48.7 Å². The zero-order valence-corrected chi connectivity index (χ0v) is 16.1. The maximum Gasteiger partial charge on any atom is 0.340 e. The van der Waals surface area contributed by atoms with E-state index >= 15 is 0 Å². The number of carbonyl (C=O) groups is 2. The van der Waals surface area contributed by atoms with E-state index in [0.717, 1.165) is 35.5 Å². The monoisotopic (exact) mass is 385 g/mol. The Morgan fingerprint density at radius 2 is 2.22 bits per heavy atom. The summed E-state index contributed by atoms with van der Waals surface area (Å²) < 4.78 is 10.7. The number of rotatable bonds is 7. The number of thiophene rings is 1. The summed E-state index contributed by atoms with van der Waals surface area (Å²) in [5.41, 5.74) is 2.47. The van der Waals surface area contributed by atoms with Gasteiger partial charge in [-0.2, -0.15) is 0 Å². The molecule has 0 radical (unpaired) electrons. The van der Waals surface area contributed by atoms with Gasteiger partial charge in [0.2, 0.25) is 0 Å². The first kappa shape index (κ1) is 19.3. The highest BCUT2D eigenvalue weighted by Gasteiger charge is 2.19. The van der Waals surface area contributed by atoms with Crippen molar-refractivity contribution in [3.8, 4) is 0 Å². The molecule has 2 heterocycles. The summed E-state index contributed by atoms with van der Waals surface area (Å²) in [6.07, 6.45) is 3.82. The van der Waals surface area contributed by atoms with Crippen LogP contribution in [-0.4, -0.2) is 37.7 Å². The van der Waals surface area contributed by atoms with Crippen LogP contribution in [0, 0.1) is 6.92 Å². The molecule has 1 aromatic carbocycles. The van der Waals surface area contributed by atoms with Gasteiger partial charge < -0.3 is 14.8 Å². The predicted molar refractivity (Wildman–Crippen MR) is 106 cm³/mol. The molecule has 1 aliphatic rings. The molecule has 3 rings (SSSR count). The third-order valence-electron chi connectivity index (χ3n) is 4.24. The van der Waals surface area contributed by atoms with Gasteiger partial charge in [-0.25, -0.2) is 4.79 Å². The Morgan fingerprint density at radius 1 is 1.33 bits per heavy atom. The Balaban J connectivity index is 1.62. The van der Waals surface area contributed by atoms with Crippen molar-refractivity contribution in [2.45, 2.75) is 25.9 Å². The Labute approximate surface area is 163 Å². The van der Waals surface area contributed by atoms with Crippen LogP contribution in [0.3, 0.4) is 0 Å². The third kappa shape index (κ3) is 5.77. The molecule has 0 unspecified atom stereocenters. The van der Waals surface area contributed by atoms with Crippen LogP contribution in [0.2, 0.25) is 0 Å². The highest BCUT2D eigenvalue weighted by Crippen LogP contribution is 2.24. The first-order valence-electron chi connectivity index (χ1n) is 8.99. The molecule has 0 aliphatic carbocycles. The number of hydrogen-bond acceptors (Lipinski definition) is 5. The molecule has 2 aromatic rings. The minimum atomic E-state index is -0.508. The molecule has 6 heteroatoms. The number of ether oxygens (including phenoxy) is 2. The Hall–Kier alpha value is -2.44. The van der Waals surface area contributed by atoms with Gasteiger partial charge in [0.05, 0.1) is 11.7 Å². The number of carbonyl (C=O) groups excluding carboxylic acids is 2. The maximum absolute atomic E-state index is 12.6. The molecule has 5 nitrogen and oxygen atoms in total. The van der Waals surface area contributed by atoms with Gasteiger partial charge in [0.1, 0.15) is 0 Å². The van der Waals surface area contributed by atoms with E-state index in [1.165, 1.54) is 11.3 Å². The van der Waals surface area contributed by atoms with Crippen molar-refractivity contribution < 1.29 is 19.1 Å². The number of hydrogen-bond donors (Lipinski definition) is 1. The number of benzene rings is 1.